The van der Waals surface area contributed by atoms with Gasteiger partial charge in [0.15, 0.2) is 5.13 Å². The van der Waals surface area contributed by atoms with Crippen LogP contribution in [-0.4, -0.2) is 93.8 Å². The maximum Gasteiger partial charge on any atom is 0.490 e. The molecule has 2 aliphatic carbocycles. The predicted octanol–water partition coefficient (Wildman–Crippen LogP) is 4.44. The molecule has 0 radical (unpaired) electrons. The lowest BCUT2D eigenvalue weighted by Gasteiger charge is -2.31. The molecule has 0 spiro atoms. The molecule has 7 rings (SSSR count). The van der Waals surface area contributed by atoms with Gasteiger partial charge in [0.1, 0.15) is 23.7 Å². The molecule has 2 saturated carbocycles. The number of amides is 3. The van der Waals surface area contributed by atoms with Crippen LogP contribution >= 0.6 is 11.3 Å². The van der Waals surface area contributed by atoms with Crippen LogP contribution in [-0.2, 0) is 35.6 Å². The van der Waals surface area contributed by atoms with E-state index in [1.165, 1.54) is 16.2 Å². The molecule has 4 heterocycles. The van der Waals surface area contributed by atoms with Crippen molar-refractivity contribution in [3.8, 4) is 5.88 Å². The third-order valence-corrected chi connectivity index (χ3v) is 12.7. The van der Waals surface area contributed by atoms with E-state index >= 15 is 0 Å². The number of nitrogens with one attached hydrogen (secondary N) is 3. The fourth-order valence-corrected chi connectivity index (χ4v) is 8.82. The van der Waals surface area contributed by atoms with Gasteiger partial charge in [-0.1, -0.05) is 44.2 Å². The van der Waals surface area contributed by atoms with E-state index in [0.29, 0.717) is 23.9 Å². The number of aliphatic carboxylic acids is 1. The van der Waals surface area contributed by atoms with Gasteiger partial charge >= 0.3 is 12.1 Å². The number of hydrogen-bond acceptors (Lipinski definition) is 11. The van der Waals surface area contributed by atoms with Gasteiger partial charge in [0.2, 0.25) is 27.7 Å². The molecule has 1 saturated heterocycles. The number of thiazole rings is 1. The molecule has 3 amide bonds. The Morgan fingerprint density at radius 2 is 1.95 bits per heavy atom. The lowest BCUT2D eigenvalue weighted by Crippen LogP contribution is -2.58. The molecule has 56 heavy (non-hydrogen) atoms. The van der Waals surface area contributed by atoms with Gasteiger partial charge in [-0.15, -0.1) is 17.9 Å². The zero-order chi connectivity index (χ0) is 40.6. The van der Waals surface area contributed by atoms with Gasteiger partial charge in [-0.05, 0) is 61.1 Å². The molecular formula is C37H41F3N6O8S2. The highest BCUT2D eigenvalue weighted by molar-refractivity contribution is 7.91. The molecule has 0 unspecified atom stereocenters. The third kappa shape index (κ3) is 8.98. The number of ether oxygens (including phenoxy) is 1. The van der Waals surface area contributed by atoms with Gasteiger partial charge < -0.3 is 25.4 Å². The first-order chi connectivity index (χ1) is 26.4. The van der Waals surface area contributed by atoms with Crippen LogP contribution in [0.4, 0.5) is 18.3 Å². The number of anilines is 1. The normalized spacial score (nSPS) is 25.5. The summed E-state index contributed by atoms with van der Waals surface area (Å²) in [6.45, 7) is 7.75. The predicted molar refractivity (Wildman–Crippen MR) is 201 cm³/mol. The van der Waals surface area contributed by atoms with Crippen LogP contribution in [0.25, 0.3) is 16.8 Å². The molecule has 19 heteroatoms. The standard InChI is InChI=1S/C35H40N6O6S2.C2HF3O2/c1-4-23-17-35(23,33(44)40-49(45,46)26-11-12-26)39-30(42)28-16-25-18-41(28)32(43)29(20(2)3)38-34-37-24(19-48-34)8-6-5-7-21-9-10-22-13-14-36-31(47-25)27(22)15-21;3-2(4,5)1(6)7/h4-5,7,9-10,13-15,19-20,23,25-26,28-29H,1,6,8,11-12,16-18H2,2-3H3,(H,37,38)(H,39,42)(H,40,44);(H,6,7)/b7-5+;/t23-,25-,28+,29+,35-;/m1./s1. The highest BCUT2D eigenvalue weighted by Crippen LogP contribution is 2.45. The summed E-state index contributed by atoms with van der Waals surface area (Å²) in [5.41, 5.74) is 0.425. The topological polar surface area (TPSA) is 197 Å². The second-order valence-electron chi connectivity index (χ2n) is 14.5. The summed E-state index contributed by atoms with van der Waals surface area (Å²) in [4.78, 5) is 61.7. The van der Waals surface area contributed by atoms with E-state index in [2.05, 4.69) is 39.1 Å². The van der Waals surface area contributed by atoms with E-state index in [0.717, 1.165) is 34.9 Å². The maximum atomic E-state index is 14.4. The number of benzene rings is 1. The lowest BCUT2D eigenvalue weighted by molar-refractivity contribution is -0.192. The highest BCUT2D eigenvalue weighted by atomic mass is 32.2. The number of nitrogens with zero attached hydrogens (tertiary/aromatic N) is 3. The van der Waals surface area contributed by atoms with Crippen LogP contribution in [0.3, 0.4) is 0 Å². The molecule has 4 N–H and O–H groups in total. The van der Waals surface area contributed by atoms with Crippen molar-refractivity contribution < 1.29 is 50.6 Å². The fourth-order valence-electron chi connectivity index (χ4n) is 6.67. The van der Waals surface area contributed by atoms with Crippen molar-refractivity contribution in [1.82, 2.24) is 24.9 Å². The fraction of sp³-hybridized carbons (Fsp3) is 0.459. The van der Waals surface area contributed by atoms with Gasteiger partial charge in [-0.2, -0.15) is 13.2 Å². The number of carboxylic acids is 1. The van der Waals surface area contributed by atoms with Gasteiger partial charge in [-0.25, -0.2) is 23.2 Å². The van der Waals surface area contributed by atoms with E-state index in [1.54, 1.807) is 12.3 Å². The van der Waals surface area contributed by atoms with Crippen LogP contribution < -0.4 is 20.1 Å². The Morgan fingerprint density at radius 1 is 1.21 bits per heavy atom. The van der Waals surface area contributed by atoms with E-state index in [1.807, 2.05) is 43.5 Å². The molecule has 2 aliphatic heterocycles. The summed E-state index contributed by atoms with van der Waals surface area (Å²) in [5.74, 6) is -4.63. The van der Waals surface area contributed by atoms with Crippen molar-refractivity contribution in [2.75, 3.05) is 11.9 Å². The Bertz CT molecular complexity index is 2170. The molecule has 3 fully saturated rings. The molecule has 5 atom stereocenters. The quantitative estimate of drug-likeness (QED) is 0.246. The van der Waals surface area contributed by atoms with Crippen LogP contribution in [0.15, 0.2) is 54.6 Å². The number of carboxylic acid groups (broad SMARTS) is 1. The summed E-state index contributed by atoms with van der Waals surface area (Å²) in [5, 5.41) is 17.0. The maximum absolute atomic E-state index is 14.4. The SMILES string of the molecule is C=C[C@@H]1C[C@]1(NC(=O)[C@@H]1C[C@@H]2CN1C(=O)[C@H](C(C)C)Nc1nc(cs1)CC/C=C/c1ccc3ccnc(c3c1)O2)C(=O)NS(=O)(=O)C1CC1.O=C(O)C(F)(F)F. The third-order valence-electron chi connectivity index (χ3n) is 10.0. The number of aryl methyl sites for hydroxylation is 1. The zero-order valence-electron chi connectivity index (χ0n) is 30.4. The van der Waals surface area contributed by atoms with Crippen molar-refractivity contribution in [2.45, 2.75) is 87.5 Å². The average Bonchev–Trinajstić information content (AvgIpc) is 4.03. The largest absolute Gasteiger partial charge is 0.490 e. The van der Waals surface area contributed by atoms with Gasteiger partial charge in [0.25, 0.3) is 5.91 Å². The summed E-state index contributed by atoms with van der Waals surface area (Å²) in [6, 6.07) is 6.25. The number of sulfonamides is 1. The zero-order valence-corrected chi connectivity index (χ0v) is 32.0. The number of fused-ring (bicyclic) bond motifs is 5. The van der Waals surface area contributed by atoms with Gasteiger partial charge in [0, 0.05) is 29.3 Å². The molecule has 3 aromatic rings. The number of carbonyl (C=O) groups excluding carboxylic acids is 3. The van der Waals surface area contributed by atoms with Crippen LogP contribution in [0, 0.1) is 11.8 Å². The Labute approximate surface area is 324 Å². The van der Waals surface area contributed by atoms with Crippen molar-refractivity contribution in [3.05, 3.63) is 65.8 Å². The minimum atomic E-state index is -5.08. The Hall–Kier alpha value is -5.04. The summed E-state index contributed by atoms with van der Waals surface area (Å²) >= 11 is 1.43. The first-order valence-corrected chi connectivity index (χ1v) is 20.4. The van der Waals surface area contributed by atoms with Crippen LogP contribution in [0.2, 0.25) is 0 Å². The van der Waals surface area contributed by atoms with E-state index in [-0.39, 0.29) is 31.2 Å². The van der Waals surface area contributed by atoms with Crippen molar-refractivity contribution in [2.24, 2.45) is 11.8 Å². The highest BCUT2D eigenvalue weighted by Gasteiger charge is 2.62. The number of alkyl halides is 3. The Morgan fingerprint density at radius 3 is 2.59 bits per heavy atom. The second-order valence-corrected chi connectivity index (χ2v) is 17.3. The smallest absolute Gasteiger partial charge is 0.475 e. The van der Waals surface area contributed by atoms with Crippen LogP contribution in [0.1, 0.15) is 57.2 Å². The van der Waals surface area contributed by atoms with Gasteiger partial charge in [-0.3, -0.25) is 19.1 Å². The van der Waals surface area contributed by atoms with E-state index in [4.69, 9.17) is 19.6 Å². The summed E-state index contributed by atoms with van der Waals surface area (Å²) < 4.78 is 65.7. The number of aromatic nitrogens is 2. The second kappa shape index (κ2) is 15.8. The minimum absolute atomic E-state index is 0.0999. The van der Waals surface area contributed by atoms with Gasteiger partial charge in [0.05, 0.1) is 17.5 Å². The Balaban J connectivity index is 0.000000695. The minimum Gasteiger partial charge on any atom is -0.475 e. The van der Waals surface area contributed by atoms with E-state index < -0.39 is 68.9 Å². The van der Waals surface area contributed by atoms with E-state index in [9.17, 15) is 36.0 Å². The molecule has 300 valence electrons. The number of allylic oxidation sites excluding steroid dienone is 1. The monoisotopic (exact) mass is 818 g/mol. The molecule has 2 aromatic heterocycles. The van der Waals surface area contributed by atoms with Crippen molar-refractivity contribution in [1.29, 1.82) is 0 Å². The molecule has 4 aliphatic rings. The number of rotatable bonds is 7. The first-order valence-electron chi connectivity index (χ1n) is 18.0. The van der Waals surface area contributed by atoms with Crippen molar-refractivity contribution in [3.63, 3.8) is 0 Å². The van der Waals surface area contributed by atoms with Crippen molar-refractivity contribution >= 4 is 67.0 Å². The Kier molecular flexibility index (Phi) is 11.5. The number of carbonyl (C=O) groups is 4. The lowest BCUT2D eigenvalue weighted by atomic mass is 10.0. The molecule has 1 aromatic carbocycles. The number of halogens is 3. The summed E-state index contributed by atoms with van der Waals surface area (Å²) in [7, 11) is -3.85. The molecule has 14 nitrogen and oxygen atoms in total. The first kappa shape index (κ1) is 40.6. The number of pyridine rings is 1. The molecule has 6 bridgehead atoms. The van der Waals surface area contributed by atoms with Crippen LogP contribution in [0.5, 0.6) is 5.88 Å². The molecular weight excluding hydrogens is 778 g/mol. The average molecular weight is 819 g/mol. The summed E-state index contributed by atoms with van der Waals surface area (Å²) in [6.07, 6.45) is 4.55. The number of hydrogen-bond donors (Lipinski definition) is 4.